The van der Waals surface area contributed by atoms with E-state index in [1.807, 2.05) is 12.1 Å². The van der Waals surface area contributed by atoms with Crippen molar-refractivity contribution in [2.24, 2.45) is 0 Å². The van der Waals surface area contributed by atoms with Gasteiger partial charge in [-0.2, -0.15) is 13.5 Å². The minimum atomic E-state index is -3.13. The summed E-state index contributed by atoms with van der Waals surface area (Å²) in [5.74, 6) is 0.644. The van der Waals surface area contributed by atoms with Gasteiger partial charge in [0, 0.05) is 0 Å². The molecule has 0 saturated heterocycles. The average molecular weight is 513 g/mol. The van der Waals surface area contributed by atoms with Crippen LogP contribution in [0.1, 0.15) is 0 Å². The normalized spacial score (nSPS) is 7.31. The van der Waals surface area contributed by atoms with E-state index in [9.17, 15) is 0 Å². The predicted octanol–water partition coefficient (Wildman–Crippen LogP) is -1.13. The van der Waals surface area contributed by atoms with Gasteiger partial charge in [-0.05, 0) is 24.3 Å². The maximum absolute atomic E-state index is 8.74. The SMILES string of the molecule is O=[PH](O)O.O=[PH](O)O.Oc1ccccc1.Oc1ccccc1.S.[CaH2].[CaH2].[CaH2]. The van der Waals surface area contributed by atoms with Gasteiger partial charge in [-0.25, -0.2) is 0 Å². The van der Waals surface area contributed by atoms with E-state index in [-0.39, 0.29) is 127 Å². The van der Waals surface area contributed by atoms with Gasteiger partial charge in [-0.15, -0.1) is 0 Å². The fraction of sp³-hybridized carbons (Fsp3) is 0. The van der Waals surface area contributed by atoms with Gasteiger partial charge in [0.1, 0.15) is 11.5 Å². The molecule has 0 amide bonds. The molecular weight excluding hydrogens is 486 g/mol. The van der Waals surface area contributed by atoms with Gasteiger partial charge in [-0.1, -0.05) is 36.4 Å². The number of para-hydroxylation sites is 2. The minimum absolute atomic E-state index is 0. The molecule has 6 N–H and O–H groups in total. The van der Waals surface area contributed by atoms with Gasteiger partial charge in [0.05, 0.1) is 0 Å². The Kier molecular flexibility index (Phi) is 52.6. The van der Waals surface area contributed by atoms with Gasteiger partial charge in [0.25, 0.3) is 0 Å². The molecule has 2 aromatic rings. The van der Waals surface area contributed by atoms with Crippen molar-refractivity contribution in [3.05, 3.63) is 60.7 Å². The molecule has 0 bridgehead atoms. The molecule has 0 aliphatic rings. The van der Waals surface area contributed by atoms with Crippen molar-refractivity contribution < 1.29 is 38.9 Å². The van der Waals surface area contributed by atoms with Crippen LogP contribution in [-0.2, 0) is 9.13 Å². The molecule has 2 rings (SSSR count). The Hall–Kier alpha value is 2.47. The second-order valence-corrected chi connectivity index (χ2v) is 4.37. The van der Waals surface area contributed by atoms with E-state index < -0.39 is 16.5 Å². The molecular formula is C12H26Ca3O8P2S. The maximum atomic E-state index is 8.74. The van der Waals surface area contributed by atoms with Gasteiger partial charge in [-0.3, -0.25) is 9.13 Å². The van der Waals surface area contributed by atoms with Crippen LogP contribution in [0.2, 0.25) is 0 Å². The fourth-order valence-electron chi connectivity index (χ4n) is 0.856. The number of rotatable bonds is 0. The van der Waals surface area contributed by atoms with Crippen LogP contribution in [0, 0.1) is 0 Å². The summed E-state index contributed by atoms with van der Waals surface area (Å²) in [6, 6.07) is 17.4. The van der Waals surface area contributed by atoms with E-state index in [1.54, 1.807) is 48.5 Å². The second-order valence-electron chi connectivity index (χ2n) is 3.24. The molecule has 14 heteroatoms. The van der Waals surface area contributed by atoms with Crippen molar-refractivity contribution in [3.63, 3.8) is 0 Å². The molecule has 2 aromatic carbocycles. The fourth-order valence-corrected chi connectivity index (χ4v) is 0.856. The van der Waals surface area contributed by atoms with E-state index in [2.05, 4.69) is 0 Å². The molecule has 144 valence electrons. The molecule has 0 fully saturated rings. The van der Waals surface area contributed by atoms with Crippen LogP contribution in [0.15, 0.2) is 60.7 Å². The van der Waals surface area contributed by atoms with E-state index >= 15 is 0 Å². The summed E-state index contributed by atoms with van der Waals surface area (Å²) in [4.78, 5) is 28.6. The van der Waals surface area contributed by atoms with Gasteiger partial charge < -0.3 is 29.8 Å². The molecule has 0 heterocycles. The van der Waals surface area contributed by atoms with Gasteiger partial charge in [0.2, 0.25) is 0 Å². The number of hydrogen-bond donors (Lipinski definition) is 6. The third-order valence-electron chi connectivity index (χ3n) is 1.51. The summed E-state index contributed by atoms with van der Waals surface area (Å²) in [6.45, 7) is 0. The first-order valence-electron chi connectivity index (χ1n) is 5.57. The molecule has 0 saturated carbocycles. The zero-order valence-electron chi connectivity index (χ0n) is 11.8. The molecule has 0 radical (unpaired) electrons. The molecule has 8 nitrogen and oxygen atoms in total. The summed E-state index contributed by atoms with van der Waals surface area (Å²) in [5, 5.41) is 17.3. The van der Waals surface area contributed by atoms with Crippen molar-refractivity contribution in [3.8, 4) is 11.5 Å². The molecule has 0 aromatic heterocycles. The Balaban J connectivity index is -0.0000000505. The third kappa shape index (κ3) is 50.3. The zero-order valence-corrected chi connectivity index (χ0v) is 14.8. The van der Waals surface area contributed by atoms with E-state index in [0.29, 0.717) is 11.5 Å². The summed E-state index contributed by atoms with van der Waals surface area (Å²) in [7, 11) is -6.26. The van der Waals surface area contributed by atoms with Crippen LogP contribution in [0.3, 0.4) is 0 Å². The quantitative estimate of drug-likeness (QED) is 0.191. The van der Waals surface area contributed by atoms with E-state index in [1.165, 1.54) is 0 Å². The number of aromatic hydroxyl groups is 2. The van der Waals surface area contributed by atoms with Crippen molar-refractivity contribution in [1.82, 2.24) is 0 Å². The molecule has 0 aliphatic heterocycles. The summed E-state index contributed by atoms with van der Waals surface area (Å²) < 4.78 is 17.5. The Morgan fingerprint density at radius 3 is 0.769 bits per heavy atom. The molecule has 26 heavy (non-hydrogen) atoms. The van der Waals surface area contributed by atoms with Crippen molar-refractivity contribution in [1.29, 1.82) is 0 Å². The Bertz CT molecular complexity index is 483. The summed E-state index contributed by atoms with van der Waals surface area (Å²) in [5.41, 5.74) is 0. The Labute approximate surface area is 250 Å². The van der Waals surface area contributed by atoms with Gasteiger partial charge >= 0.3 is 130 Å². The third-order valence-corrected chi connectivity index (χ3v) is 1.51. The van der Waals surface area contributed by atoms with Crippen LogP contribution < -0.4 is 0 Å². The second kappa shape index (κ2) is 32.1. The molecule has 0 spiro atoms. The Morgan fingerprint density at radius 1 is 0.538 bits per heavy atom. The first kappa shape index (κ1) is 42.5. The molecule has 0 unspecified atom stereocenters. The Morgan fingerprint density at radius 2 is 0.692 bits per heavy atom. The zero-order chi connectivity index (χ0) is 17.4. The average Bonchev–Trinajstić information content (AvgIpc) is 2.40. The van der Waals surface area contributed by atoms with Crippen LogP contribution in [0.4, 0.5) is 0 Å². The number of benzene rings is 2. The van der Waals surface area contributed by atoms with Crippen molar-refractivity contribution in [2.75, 3.05) is 0 Å². The summed E-state index contributed by atoms with van der Waals surface area (Å²) in [6.07, 6.45) is 0. The number of hydrogen-bond acceptors (Lipinski definition) is 4. The van der Waals surface area contributed by atoms with Crippen LogP contribution in [-0.4, -0.2) is 143 Å². The predicted molar refractivity (Wildman–Crippen MR) is 119 cm³/mol. The van der Waals surface area contributed by atoms with E-state index in [4.69, 9.17) is 38.9 Å². The monoisotopic (exact) mass is 512 g/mol. The van der Waals surface area contributed by atoms with Crippen LogP contribution in [0.5, 0.6) is 11.5 Å². The first-order chi connectivity index (χ1) is 10.3. The molecule has 0 atom stereocenters. The van der Waals surface area contributed by atoms with Crippen LogP contribution in [0.25, 0.3) is 0 Å². The topological polar surface area (TPSA) is 156 Å². The van der Waals surface area contributed by atoms with Crippen molar-refractivity contribution >= 4 is 143 Å². The van der Waals surface area contributed by atoms with Crippen LogP contribution >= 0.6 is 30.0 Å². The standard InChI is InChI=1S/2C6H6O.3Ca.2H3O3P.H2S.6H/c2*7-6-4-2-1-3-5-6;;;;2*1-4(2)3;;;;;;;/h2*1-5,7H;;;;2*4H,(H2,1,2,3);1H2;;;;;;. The first-order valence-corrected chi connectivity index (χ1v) is 8.18. The number of phenols is 2. The van der Waals surface area contributed by atoms with E-state index in [0.717, 1.165) is 0 Å². The summed E-state index contributed by atoms with van der Waals surface area (Å²) >= 11 is 0. The van der Waals surface area contributed by atoms with Gasteiger partial charge in [0.15, 0.2) is 0 Å². The van der Waals surface area contributed by atoms with Crippen molar-refractivity contribution in [2.45, 2.75) is 0 Å². The number of phenolic OH excluding ortho intramolecular Hbond substituents is 2. The molecule has 0 aliphatic carbocycles.